The van der Waals surface area contributed by atoms with Crippen LogP contribution < -0.4 is 10.6 Å². The van der Waals surface area contributed by atoms with Crippen molar-refractivity contribution in [3.8, 4) is 0 Å². The molecule has 0 radical (unpaired) electrons. The van der Waals surface area contributed by atoms with E-state index in [9.17, 15) is 9.18 Å². The van der Waals surface area contributed by atoms with E-state index < -0.39 is 5.92 Å². The zero-order chi connectivity index (χ0) is 17.8. The number of amides is 1. The molecule has 0 bridgehead atoms. The van der Waals surface area contributed by atoms with Crippen LogP contribution in [0.3, 0.4) is 0 Å². The summed E-state index contributed by atoms with van der Waals surface area (Å²) in [6.45, 7) is 2.66. The predicted molar refractivity (Wildman–Crippen MR) is 97.3 cm³/mol. The van der Waals surface area contributed by atoms with Crippen LogP contribution in [0.1, 0.15) is 18.4 Å². The van der Waals surface area contributed by atoms with Crippen molar-refractivity contribution in [2.45, 2.75) is 18.9 Å². The van der Waals surface area contributed by atoms with Gasteiger partial charge in [0.2, 0.25) is 5.91 Å². The molecule has 2 aromatic rings. The van der Waals surface area contributed by atoms with E-state index in [-0.39, 0.29) is 17.8 Å². The second-order valence-electron chi connectivity index (χ2n) is 6.02. The summed E-state index contributed by atoms with van der Waals surface area (Å²) in [5.41, 5.74) is 2.96. The normalized spacial score (nSPS) is 17.4. The highest BCUT2D eigenvalue weighted by molar-refractivity contribution is 6.12. The zero-order valence-corrected chi connectivity index (χ0v) is 14.1. The van der Waals surface area contributed by atoms with E-state index in [1.807, 2.05) is 31.2 Å². The summed E-state index contributed by atoms with van der Waals surface area (Å²) in [7, 11) is 1.67. The number of nitrogens with zero attached hydrogens (tertiary/aromatic N) is 1. The highest BCUT2D eigenvalue weighted by atomic mass is 19.1. The molecular weight excluding hydrogens is 321 g/mol. The Bertz CT molecular complexity index is 790. The van der Waals surface area contributed by atoms with Gasteiger partial charge >= 0.3 is 0 Å². The van der Waals surface area contributed by atoms with Crippen molar-refractivity contribution in [1.82, 2.24) is 0 Å². The first-order valence-corrected chi connectivity index (χ1v) is 8.07. The molecule has 1 aliphatic rings. The first kappa shape index (κ1) is 17.1. The highest BCUT2D eigenvalue weighted by Crippen LogP contribution is 2.32. The van der Waals surface area contributed by atoms with Gasteiger partial charge in [-0.1, -0.05) is 6.07 Å². The van der Waals surface area contributed by atoms with Crippen LogP contribution in [0.25, 0.3) is 0 Å². The van der Waals surface area contributed by atoms with Crippen LogP contribution in [-0.4, -0.2) is 31.9 Å². The summed E-state index contributed by atoms with van der Waals surface area (Å²) in [6, 6.07) is 12.1. The quantitative estimate of drug-likeness (QED) is 0.787. The minimum Gasteiger partial charge on any atom is -0.383 e. The number of rotatable bonds is 6. The van der Waals surface area contributed by atoms with Crippen LogP contribution in [0.5, 0.6) is 0 Å². The van der Waals surface area contributed by atoms with E-state index in [2.05, 4.69) is 15.6 Å². The van der Waals surface area contributed by atoms with E-state index in [0.29, 0.717) is 12.3 Å². The van der Waals surface area contributed by atoms with Crippen molar-refractivity contribution < 1.29 is 13.9 Å². The summed E-state index contributed by atoms with van der Waals surface area (Å²) >= 11 is 0. The molecule has 1 aliphatic heterocycles. The number of benzene rings is 2. The van der Waals surface area contributed by atoms with Gasteiger partial charge in [0.1, 0.15) is 11.7 Å². The lowest BCUT2D eigenvalue weighted by Crippen LogP contribution is -2.20. The van der Waals surface area contributed by atoms with E-state index >= 15 is 0 Å². The Balaban J connectivity index is 1.69. The molecule has 2 unspecified atom stereocenters. The van der Waals surface area contributed by atoms with Crippen molar-refractivity contribution in [3.63, 3.8) is 0 Å². The largest absolute Gasteiger partial charge is 0.383 e. The zero-order valence-electron chi connectivity index (χ0n) is 14.1. The third-order valence-electron chi connectivity index (χ3n) is 3.96. The summed E-state index contributed by atoms with van der Waals surface area (Å²) in [5.74, 6) is -1.08. The van der Waals surface area contributed by atoms with Gasteiger partial charge in [-0.15, -0.1) is 0 Å². The molecule has 130 valence electrons. The summed E-state index contributed by atoms with van der Waals surface area (Å²) < 4.78 is 18.3. The SMILES string of the molecule is COCC(C)Nc1ccc(N=CC2C(=O)Nc3cc(F)ccc32)cc1. The minimum absolute atomic E-state index is 0.198. The standard InChI is InChI=1S/C19H20FN3O2/c1-12(11-25-2)22-15-6-4-14(5-7-15)21-10-17-16-8-3-13(20)9-18(16)23-19(17)24/h3-10,12,17,22H,11H2,1-2H3,(H,23,24). The number of fused-ring (bicyclic) bond motifs is 1. The molecule has 0 aliphatic carbocycles. The smallest absolute Gasteiger partial charge is 0.237 e. The number of halogens is 1. The van der Waals surface area contributed by atoms with Gasteiger partial charge in [0.15, 0.2) is 0 Å². The lowest BCUT2D eigenvalue weighted by atomic mass is 10.0. The molecule has 3 rings (SSSR count). The summed E-state index contributed by atoms with van der Waals surface area (Å²) in [5, 5.41) is 5.99. The maximum absolute atomic E-state index is 13.2. The first-order valence-electron chi connectivity index (χ1n) is 8.07. The van der Waals surface area contributed by atoms with Crippen molar-refractivity contribution in [3.05, 3.63) is 53.8 Å². The molecule has 0 saturated carbocycles. The van der Waals surface area contributed by atoms with Gasteiger partial charge in [-0.2, -0.15) is 0 Å². The third-order valence-corrected chi connectivity index (χ3v) is 3.96. The van der Waals surface area contributed by atoms with Gasteiger partial charge in [0.25, 0.3) is 0 Å². The van der Waals surface area contributed by atoms with Crippen LogP contribution >= 0.6 is 0 Å². The van der Waals surface area contributed by atoms with Crippen LogP contribution in [0.4, 0.5) is 21.5 Å². The Hall–Kier alpha value is -2.73. The molecule has 25 heavy (non-hydrogen) atoms. The second kappa shape index (κ2) is 7.44. The van der Waals surface area contributed by atoms with Gasteiger partial charge < -0.3 is 15.4 Å². The summed E-state index contributed by atoms with van der Waals surface area (Å²) in [4.78, 5) is 16.4. The Kier molecular flexibility index (Phi) is 5.09. The average molecular weight is 341 g/mol. The maximum atomic E-state index is 13.2. The molecule has 2 aromatic carbocycles. The molecule has 5 nitrogen and oxygen atoms in total. The van der Waals surface area contributed by atoms with E-state index in [1.54, 1.807) is 19.4 Å². The third kappa shape index (κ3) is 4.03. The molecule has 2 atom stereocenters. The van der Waals surface area contributed by atoms with Crippen LogP contribution in [0.2, 0.25) is 0 Å². The second-order valence-corrected chi connectivity index (χ2v) is 6.02. The van der Waals surface area contributed by atoms with Crippen molar-refractivity contribution in [1.29, 1.82) is 0 Å². The number of nitrogens with one attached hydrogen (secondary N) is 2. The molecule has 0 fully saturated rings. The fourth-order valence-electron chi connectivity index (χ4n) is 2.79. The predicted octanol–water partition coefficient (Wildman–Crippen LogP) is 3.71. The van der Waals surface area contributed by atoms with Gasteiger partial charge in [0.05, 0.1) is 12.3 Å². The average Bonchev–Trinajstić information content (AvgIpc) is 2.88. The first-order chi connectivity index (χ1) is 12.1. The van der Waals surface area contributed by atoms with Crippen LogP contribution in [0, 0.1) is 5.82 Å². The molecule has 1 heterocycles. The van der Waals surface area contributed by atoms with Gasteiger partial charge in [0, 0.05) is 30.7 Å². The lowest BCUT2D eigenvalue weighted by Gasteiger charge is -2.14. The number of hydrogen-bond acceptors (Lipinski definition) is 4. The van der Waals surface area contributed by atoms with Crippen LogP contribution in [-0.2, 0) is 9.53 Å². The number of hydrogen-bond donors (Lipinski definition) is 2. The fourth-order valence-corrected chi connectivity index (χ4v) is 2.79. The Morgan fingerprint density at radius 2 is 2.08 bits per heavy atom. The molecule has 6 heteroatoms. The Morgan fingerprint density at radius 1 is 1.32 bits per heavy atom. The number of methoxy groups -OCH3 is 1. The monoisotopic (exact) mass is 341 g/mol. The molecule has 0 spiro atoms. The fraction of sp³-hybridized carbons (Fsp3) is 0.263. The Labute approximate surface area is 145 Å². The maximum Gasteiger partial charge on any atom is 0.237 e. The number of carbonyl (C=O) groups is 1. The summed E-state index contributed by atoms with van der Waals surface area (Å²) in [6.07, 6.45) is 1.59. The van der Waals surface area contributed by atoms with E-state index in [1.165, 1.54) is 12.1 Å². The van der Waals surface area contributed by atoms with Gasteiger partial charge in [-0.05, 0) is 48.9 Å². The molecular formula is C19H20FN3O2. The Morgan fingerprint density at radius 3 is 2.80 bits per heavy atom. The topological polar surface area (TPSA) is 62.7 Å². The van der Waals surface area contributed by atoms with Crippen molar-refractivity contribution in [2.24, 2.45) is 4.99 Å². The minimum atomic E-state index is -0.505. The molecule has 0 aromatic heterocycles. The lowest BCUT2D eigenvalue weighted by molar-refractivity contribution is -0.115. The number of ether oxygens (including phenoxy) is 1. The molecule has 0 saturated heterocycles. The highest BCUT2D eigenvalue weighted by Gasteiger charge is 2.29. The van der Waals surface area contributed by atoms with E-state index in [4.69, 9.17) is 4.74 Å². The molecule has 2 N–H and O–H groups in total. The van der Waals surface area contributed by atoms with Crippen molar-refractivity contribution in [2.75, 3.05) is 24.4 Å². The van der Waals surface area contributed by atoms with Gasteiger partial charge in [-0.3, -0.25) is 9.79 Å². The van der Waals surface area contributed by atoms with Crippen molar-refractivity contribution >= 4 is 29.2 Å². The molecule has 1 amide bonds. The van der Waals surface area contributed by atoms with E-state index in [0.717, 1.165) is 16.9 Å². The van der Waals surface area contributed by atoms with Crippen LogP contribution in [0.15, 0.2) is 47.5 Å². The van der Waals surface area contributed by atoms with Gasteiger partial charge in [-0.25, -0.2) is 4.39 Å². The number of anilines is 2. The number of aliphatic imine (C=N–C) groups is 1. The number of carbonyl (C=O) groups excluding carboxylic acids is 1.